The minimum Gasteiger partial charge on any atom is -0.378 e. The van der Waals surface area contributed by atoms with E-state index in [-0.39, 0.29) is 12.0 Å². The molecule has 0 amide bonds. The molecule has 0 aliphatic carbocycles. The summed E-state index contributed by atoms with van der Waals surface area (Å²) >= 11 is 1.53. The Morgan fingerprint density at radius 1 is 1.12 bits per heavy atom. The number of anilines is 1. The molecule has 0 spiro atoms. The van der Waals surface area contributed by atoms with Gasteiger partial charge in [-0.2, -0.15) is 0 Å². The summed E-state index contributed by atoms with van der Waals surface area (Å²) in [5, 5.41) is 16.0. The Morgan fingerprint density at radius 3 is 2.56 bits per heavy atom. The van der Waals surface area contributed by atoms with Gasteiger partial charge in [0.1, 0.15) is 16.9 Å². The van der Waals surface area contributed by atoms with Crippen molar-refractivity contribution in [3.05, 3.63) is 71.4 Å². The van der Waals surface area contributed by atoms with E-state index in [1.165, 1.54) is 16.9 Å². The summed E-state index contributed by atoms with van der Waals surface area (Å²) in [4.78, 5) is 13.7. The first kappa shape index (κ1) is 23.8. The van der Waals surface area contributed by atoms with E-state index >= 15 is 0 Å². The van der Waals surface area contributed by atoms with Crippen LogP contribution in [0.25, 0.3) is 21.6 Å². The normalized spacial score (nSPS) is 13.8. The lowest BCUT2D eigenvalue weighted by molar-refractivity contribution is 0.0726. The van der Waals surface area contributed by atoms with E-state index in [1.54, 1.807) is 19.3 Å². The van der Waals surface area contributed by atoms with Crippen molar-refractivity contribution < 1.29 is 5.11 Å². The van der Waals surface area contributed by atoms with Gasteiger partial charge in [0, 0.05) is 35.9 Å². The average molecular weight is 472 g/mol. The van der Waals surface area contributed by atoms with E-state index in [4.69, 9.17) is 15.7 Å². The number of nitrogens with zero attached hydrogens (tertiary/aromatic N) is 3. The fourth-order valence-electron chi connectivity index (χ4n) is 3.31. The van der Waals surface area contributed by atoms with E-state index in [2.05, 4.69) is 34.3 Å². The van der Waals surface area contributed by atoms with Gasteiger partial charge >= 0.3 is 0 Å². The molecule has 0 saturated carbocycles. The second kappa shape index (κ2) is 10.3. The highest BCUT2D eigenvalue weighted by Gasteiger charge is 2.22. The third-order valence-electron chi connectivity index (χ3n) is 5.80. The molecule has 3 aromatic heterocycles. The fourth-order valence-corrected chi connectivity index (χ4v) is 4.21. The average Bonchev–Trinajstić information content (AvgIpc) is 3.25. The van der Waals surface area contributed by atoms with Crippen LogP contribution in [0.4, 0.5) is 5.82 Å². The van der Waals surface area contributed by atoms with Crippen LogP contribution < -0.4 is 11.1 Å². The maximum atomic E-state index is 10.6. The highest BCUT2D eigenvalue weighted by atomic mass is 32.1. The highest BCUT2D eigenvalue weighted by molar-refractivity contribution is 7.18. The topological polar surface area (TPSA) is 97.0 Å². The van der Waals surface area contributed by atoms with Crippen molar-refractivity contribution in [2.45, 2.75) is 38.8 Å². The van der Waals surface area contributed by atoms with Crippen LogP contribution in [-0.2, 0) is 6.42 Å². The summed E-state index contributed by atoms with van der Waals surface area (Å²) in [6, 6.07) is 13.9. The summed E-state index contributed by atoms with van der Waals surface area (Å²) < 4.78 is 0.915. The number of benzene rings is 1. The van der Waals surface area contributed by atoms with E-state index < -0.39 is 5.60 Å². The Labute approximate surface area is 204 Å². The molecule has 7 heteroatoms. The lowest BCUT2D eigenvalue weighted by atomic mass is 9.93. The Bertz CT molecular complexity index is 1310. The molecule has 0 saturated heterocycles. The van der Waals surface area contributed by atoms with Gasteiger partial charge in [-0.1, -0.05) is 56.0 Å². The van der Waals surface area contributed by atoms with Crippen LogP contribution in [0.15, 0.2) is 60.2 Å². The minimum absolute atomic E-state index is 0.00948. The molecule has 0 fully saturated rings. The Hall–Kier alpha value is -3.31. The molecule has 0 aliphatic rings. The van der Waals surface area contributed by atoms with Gasteiger partial charge in [0.25, 0.3) is 0 Å². The molecule has 2 atom stereocenters. The first-order valence-electron chi connectivity index (χ1n) is 11.3. The van der Waals surface area contributed by atoms with E-state index in [9.17, 15) is 5.11 Å². The molecule has 1 aromatic carbocycles. The van der Waals surface area contributed by atoms with Crippen molar-refractivity contribution >= 4 is 27.4 Å². The molecular formula is C27H29N5OS. The molecule has 3 heterocycles. The smallest absolute Gasteiger partial charge is 0.162 e. The van der Waals surface area contributed by atoms with Gasteiger partial charge in [-0.25, -0.2) is 9.97 Å². The lowest BCUT2D eigenvalue weighted by Crippen LogP contribution is -2.31. The van der Waals surface area contributed by atoms with Gasteiger partial charge in [0.15, 0.2) is 5.82 Å². The van der Waals surface area contributed by atoms with Crippen molar-refractivity contribution in [1.82, 2.24) is 15.0 Å². The van der Waals surface area contributed by atoms with Crippen LogP contribution in [0, 0.1) is 17.8 Å². The molecule has 174 valence electrons. The van der Waals surface area contributed by atoms with Crippen LogP contribution in [0.3, 0.4) is 0 Å². The second-order valence-electron chi connectivity index (χ2n) is 8.84. The minimum atomic E-state index is -1.08. The number of aliphatic hydroxyl groups is 1. The number of thiophene rings is 1. The van der Waals surface area contributed by atoms with Crippen molar-refractivity contribution in [1.29, 1.82) is 0 Å². The number of pyridine rings is 1. The number of nitrogens with two attached hydrogens (primary N) is 1. The zero-order valence-corrected chi connectivity index (χ0v) is 20.4. The Balaban J connectivity index is 1.68. The van der Waals surface area contributed by atoms with Crippen molar-refractivity contribution in [2.75, 3.05) is 11.9 Å². The lowest BCUT2D eigenvalue weighted by Gasteiger charge is -2.20. The standard InChI is InChI=1S/C27H29N5OS/c1-18(2)27(3,33)12-9-21-17-34-24-23(21)31-25(20-10-13-29-14-11-20)32-26(24)30-16-22(28)15-19-7-5-4-6-8-19/h4-8,10-11,13-14,17-18,22,33H,15-16,28H2,1-3H3,(H,30,31,32)/t22-,27-/m1/s1. The van der Waals surface area contributed by atoms with Crippen molar-refractivity contribution in [3.63, 3.8) is 0 Å². The van der Waals surface area contributed by atoms with Gasteiger partial charge in [0.05, 0.1) is 10.3 Å². The SMILES string of the molecule is CC(C)[C@](C)(O)C#Cc1csc2c(NC[C@H](N)Cc3ccccc3)nc(-c3ccncc3)nc12. The van der Waals surface area contributed by atoms with Gasteiger partial charge in [-0.3, -0.25) is 4.98 Å². The molecule has 6 nitrogen and oxygen atoms in total. The predicted octanol–water partition coefficient (Wildman–Crippen LogP) is 4.49. The molecule has 4 rings (SSSR count). The van der Waals surface area contributed by atoms with Gasteiger partial charge in [-0.05, 0) is 37.0 Å². The molecule has 0 bridgehead atoms. The van der Waals surface area contributed by atoms with Gasteiger partial charge in [0.2, 0.25) is 0 Å². The highest BCUT2D eigenvalue weighted by Crippen LogP contribution is 2.32. The van der Waals surface area contributed by atoms with Crippen LogP contribution in [-0.4, -0.2) is 38.2 Å². The zero-order valence-electron chi connectivity index (χ0n) is 19.6. The number of aromatic nitrogens is 3. The van der Waals surface area contributed by atoms with E-state index in [0.29, 0.717) is 12.4 Å². The molecule has 0 unspecified atom stereocenters. The molecule has 0 aliphatic heterocycles. The van der Waals surface area contributed by atoms with Crippen molar-refractivity contribution in [2.24, 2.45) is 11.7 Å². The zero-order chi connectivity index (χ0) is 24.1. The maximum Gasteiger partial charge on any atom is 0.162 e. The summed E-state index contributed by atoms with van der Waals surface area (Å²) in [7, 11) is 0. The van der Waals surface area contributed by atoms with E-state index in [0.717, 1.165) is 33.6 Å². The van der Waals surface area contributed by atoms with Crippen LogP contribution in [0.2, 0.25) is 0 Å². The van der Waals surface area contributed by atoms with Gasteiger partial charge in [-0.15, -0.1) is 11.3 Å². The Kier molecular flexibility index (Phi) is 7.23. The fraction of sp³-hybridized carbons (Fsp3) is 0.296. The maximum absolute atomic E-state index is 10.6. The number of hydrogen-bond donors (Lipinski definition) is 3. The third kappa shape index (κ3) is 5.60. The molecule has 4 N–H and O–H groups in total. The monoisotopic (exact) mass is 471 g/mol. The third-order valence-corrected chi connectivity index (χ3v) is 6.78. The van der Waals surface area contributed by atoms with E-state index in [1.807, 2.05) is 49.6 Å². The number of fused-ring (bicyclic) bond motifs is 1. The molecule has 4 aromatic rings. The van der Waals surface area contributed by atoms with Crippen LogP contribution in [0.5, 0.6) is 0 Å². The summed E-state index contributed by atoms with van der Waals surface area (Å²) in [5.74, 6) is 7.49. The van der Waals surface area contributed by atoms with Gasteiger partial charge < -0.3 is 16.2 Å². The molecule has 0 radical (unpaired) electrons. The first-order valence-corrected chi connectivity index (χ1v) is 12.2. The van der Waals surface area contributed by atoms with Crippen LogP contribution in [0.1, 0.15) is 31.9 Å². The molecular weight excluding hydrogens is 442 g/mol. The second-order valence-corrected chi connectivity index (χ2v) is 9.72. The summed E-state index contributed by atoms with van der Waals surface area (Å²) in [6.45, 7) is 6.20. The molecule has 34 heavy (non-hydrogen) atoms. The number of rotatable bonds is 7. The largest absolute Gasteiger partial charge is 0.378 e. The summed E-state index contributed by atoms with van der Waals surface area (Å²) in [6.07, 6.45) is 4.21. The summed E-state index contributed by atoms with van der Waals surface area (Å²) in [5.41, 5.74) is 8.94. The first-order chi connectivity index (χ1) is 16.3. The number of nitrogens with one attached hydrogen (secondary N) is 1. The Morgan fingerprint density at radius 2 is 1.85 bits per heavy atom. The quantitative estimate of drug-likeness (QED) is 0.344. The van der Waals surface area contributed by atoms with Crippen molar-refractivity contribution in [3.8, 4) is 23.2 Å². The predicted molar refractivity (Wildman–Crippen MR) is 140 cm³/mol. The van der Waals surface area contributed by atoms with Crippen LogP contribution >= 0.6 is 11.3 Å². The number of hydrogen-bond acceptors (Lipinski definition) is 7.